The SMILES string of the molecule is CC1C=CC(Cn2nc3n(c2=O)C(C(=O)N2CC(F)(F)C2)CCC3)=CC1C. The molecule has 4 rings (SSSR count). The van der Waals surface area contributed by atoms with Gasteiger partial charge in [0.25, 0.3) is 5.92 Å². The van der Waals surface area contributed by atoms with E-state index in [0.29, 0.717) is 43.5 Å². The first-order chi connectivity index (χ1) is 12.7. The minimum atomic E-state index is -2.81. The van der Waals surface area contributed by atoms with Gasteiger partial charge in [0.05, 0.1) is 19.6 Å². The number of nitrogens with zero attached hydrogens (tertiary/aromatic N) is 4. The number of amides is 1. The molecular formula is C19H24F2N4O2. The minimum Gasteiger partial charge on any atom is -0.329 e. The predicted molar refractivity (Wildman–Crippen MR) is 95.5 cm³/mol. The summed E-state index contributed by atoms with van der Waals surface area (Å²) in [6.45, 7) is 3.51. The molecule has 0 radical (unpaired) electrons. The van der Waals surface area contributed by atoms with Gasteiger partial charge in [-0.1, -0.05) is 32.1 Å². The minimum absolute atomic E-state index is 0.337. The Morgan fingerprint density at radius 3 is 2.70 bits per heavy atom. The molecule has 3 heterocycles. The second-order valence-corrected chi connectivity index (χ2v) is 8.00. The molecule has 3 atom stereocenters. The van der Waals surface area contributed by atoms with E-state index >= 15 is 0 Å². The largest absolute Gasteiger partial charge is 0.346 e. The van der Waals surface area contributed by atoms with Gasteiger partial charge in [0, 0.05) is 6.42 Å². The zero-order chi connectivity index (χ0) is 19.3. The van der Waals surface area contributed by atoms with Gasteiger partial charge in [-0.25, -0.2) is 18.3 Å². The summed E-state index contributed by atoms with van der Waals surface area (Å²) in [5, 5.41) is 4.43. The van der Waals surface area contributed by atoms with E-state index in [0.717, 1.165) is 10.5 Å². The van der Waals surface area contributed by atoms with Crippen LogP contribution in [-0.4, -0.2) is 44.2 Å². The van der Waals surface area contributed by atoms with Crippen molar-refractivity contribution in [2.75, 3.05) is 13.1 Å². The molecule has 6 nitrogen and oxygen atoms in total. The summed E-state index contributed by atoms with van der Waals surface area (Å²) in [5.41, 5.74) is 0.680. The molecule has 0 saturated carbocycles. The molecule has 146 valence electrons. The molecule has 3 aliphatic rings. The Labute approximate surface area is 156 Å². The number of hydrogen-bond donors (Lipinski definition) is 0. The van der Waals surface area contributed by atoms with Gasteiger partial charge >= 0.3 is 5.69 Å². The van der Waals surface area contributed by atoms with Crippen molar-refractivity contribution in [1.82, 2.24) is 19.2 Å². The van der Waals surface area contributed by atoms with Gasteiger partial charge in [-0.3, -0.25) is 9.36 Å². The fourth-order valence-electron chi connectivity index (χ4n) is 4.02. The van der Waals surface area contributed by atoms with Gasteiger partial charge < -0.3 is 4.90 Å². The summed E-state index contributed by atoms with van der Waals surface area (Å²) >= 11 is 0. The topological polar surface area (TPSA) is 60.1 Å². The van der Waals surface area contributed by atoms with Gasteiger partial charge in [-0.15, -0.1) is 0 Å². The number of halogens is 2. The normalized spacial score (nSPS) is 29.1. The van der Waals surface area contributed by atoms with Crippen LogP contribution < -0.4 is 5.69 Å². The number of rotatable bonds is 3. The molecule has 8 heteroatoms. The highest BCUT2D eigenvalue weighted by molar-refractivity contribution is 5.81. The molecule has 0 spiro atoms. The lowest BCUT2D eigenvalue weighted by Gasteiger charge is -2.41. The third-order valence-corrected chi connectivity index (χ3v) is 5.82. The summed E-state index contributed by atoms with van der Waals surface area (Å²) in [4.78, 5) is 26.7. The van der Waals surface area contributed by atoms with Gasteiger partial charge in [-0.2, -0.15) is 5.10 Å². The molecule has 1 aliphatic carbocycles. The van der Waals surface area contributed by atoms with E-state index in [9.17, 15) is 18.4 Å². The van der Waals surface area contributed by atoms with E-state index in [1.807, 2.05) is 6.08 Å². The molecule has 1 saturated heterocycles. The van der Waals surface area contributed by atoms with E-state index in [2.05, 4.69) is 31.1 Å². The summed E-state index contributed by atoms with van der Waals surface area (Å²) in [5.74, 6) is -1.80. The van der Waals surface area contributed by atoms with Gasteiger partial charge in [0.1, 0.15) is 11.9 Å². The molecule has 1 amide bonds. The van der Waals surface area contributed by atoms with Crippen molar-refractivity contribution in [3.05, 3.63) is 40.1 Å². The predicted octanol–water partition coefficient (Wildman–Crippen LogP) is 2.17. The lowest BCUT2D eigenvalue weighted by atomic mass is 9.89. The Balaban J connectivity index is 1.57. The number of alkyl halides is 2. The van der Waals surface area contributed by atoms with Crippen LogP contribution in [0.15, 0.2) is 28.6 Å². The maximum atomic E-state index is 13.1. The zero-order valence-electron chi connectivity index (χ0n) is 15.6. The van der Waals surface area contributed by atoms with Gasteiger partial charge in [0.2, 0.25) is 5.91 Å². The lowest BCUT2D eigenvalue weighted by molar-refractivity contribution is -0.169. The molecule has 1 fully saturated rings. The molecule has 0 N–H and O–H groups in total. The van der Waals surface area contributed by atoms with Crippen molar-refractivity contribution in [3.8, 4) is 0 Å². The second-order valence-electron chi connectivity index (χ2n) is 8.00. The first-order valence-corrected chi connectivity index (χ1v) is 9.49. The van der Waals surface area contributed by atoms with E-state index in [-0.39, 0.29) is 5.69 Å². The average Bonchev–Trinajstić information content (AvgIpc) is 2.91. The van der Waals surface area contributed by atoms with Crippen LogP contribution in [0.3, 0.4) is 0 Å². The summed E-state index contributed by atoms with van der Waals surface area (Å²) in [7, 11) is 0. The fraction of sp³-hybridized carbons (Fsp3) is 0.632. The maximum Gasteiger partial charge on any atom is 0.346 e. The summed E-state index contributed by atoms with van der Waals surface area (Å²) < 4.78 is 29.1. The van der Waals surface area contributed by atoms with Crippen molar-refractivity contribution >= 4 is 5.91 Å². The number of carbonyl (C=O) groups is 1. The Bertz CT molecular complexity index is 875. The second kappa shape index (κ2) is 6.42. The van der Waals surface area contributed by atoms with Crippen molar-refractivity contribution in [2.45, 2.75) is 51.6 Å². The third-order valence-electron chi connectivity index (χ3n) is 5.82. The molecular weight excluding hydrogens is 354 g/mol. The Morgan fingerprint density at radius 1 is 1.30 bits per heavy atom. The first kappa shape index (κ1) is 18.1. The third kappa shape index (κ3) is 3.26. The number of likely N-dealkylation sites (tertiary alicyclic amines) is 1. The number of aromatic nitrogens is 3. The van der Waals surface area contributed by atoms with Crippen molar-refractivity contribution in [2.24, 2.45) is 11.8 Å². The molecule has 1 aromatic heterocycles. The van der Waals surface area contributed by atoms with Crippen LogP contribution in [0.2, 0.25) is 0 Å². The monoisotopic (exact) mass is 378 g/mol. The molecule has 27 heavy (non-hydrogen) atoms. The number of hydrogen-bond acceptors (Lipinski definition) is 3. The standard InChI is InChI=1S/C19H24F2N4O2/c1-12-6-7-14(8-13(12)2)9-24-18(27)25-15(4-3-5-16(25)22-24)17(26)23-10-19(20,21)11-23/h6-8,12-13,15H,3-5,9-11H2,1-2H3. The van der Waals surface area contributed by atoms with Crippen LogP contribution in [0.1, 0.15) is 38.6 Å². The van der Waals surface area contributed by atoms with Crippen LogP contribution in [0, 0.1) is 11.8 Å². The van der Waals surface area contributed by atoms with Crippen molar-refractivity contribution in [3.63, 3.8) is 0 Å². The van der Waals surface area contributed by atoms with Crippen molar-refractivity contribution in [1.29, 1.82) is 0 Å². The van der Waals surface area contributed by atoms with Gasteiger partial charge in [-0.05, 0) is 30.3 Å². The highest BCUT2D eigenvalue weighted by atomic mass is 19.3. The number of carbonyl (C=O) groups excluding carboxylic acids is 1. The van der Waals surface area contributed by atoms with Crippen LogP contribution >= 0.6 is 0 Å². The van der Waals surface area contributed by atoms with Crippen LogP contribution in [0.4, 0.5) is 8.78 Å². The number of aryl methyl sites for hydroxylation is 1. The Kier molecular flexibility index (Phi) is 4.31. The lowest BCUT2D eigenvalue weighted by Crippen LogP contribution is -2.60. The molecule has 0 bridgehead atoms. The first-order valence-electron chi connectivity index (χ1n) is 9.49. The Morgan fingerprint density at radius 2 is 2.04 bits per heavy atom. The van der Waals surface area contributed by atoms with Crippen LogP contribution in [0.25, 0.3) is 0 Å². The van der Waals surface area contributed by atoms with E-state index in [1.54, 1.807) is 0 Å². The number of fused-ring (bicyclic) bond motifs is 1. The summed E-state index contributed by atoms with van der Waals surface area (Å²) in [6, 6.07) is -0.721. The van der Waals surface area contributed by atoms with Crippen LogP contribution in [0.5, 0.6) is 0 Å². The van der Waals surface area contributed by atoms with Crippen molar-refractivity contribution < 1.29 is 13.6 Å². The number of allylic oxidation sites excluding steroid dienone is 4. The summed E-state index contributed by atoms with van der Waals surface area (Å²) in [6.07, 6.45) is 8.09. The maximum absolute atomic E-state index is 13.1. The van der Waals surface area contributed by atoms with Gasteiger partial charge in [0.15, 0.2) is 0 Å². The van der Waals surface area contributed by atoms with E-state index in [1.165, 1.54) is 9.25 Å². The molecule has 3 unspecified atom stereocenters. The van der Waals surface area contributed by atoms with E-state index in [4.69, 9.17) is 0 Å². The Hall–Kier alpha value is -2.25. The quantitative estimate of drug-likeness (QED) is 0.810. The smallest absolute Gasteiger partial charge is 0.329 e. The highest BCUT2D eigenvalue weighted by Crippen LogP contribution is 2.32. The van der Waals surface area contributed by atoms with Crippen LogP contribution in [-0.2, 0) is 17.8 Å². The van der Waals surface area contributed by atoms with E-state index < -0.39 is 31.0 Å². The highest BCUT2D eigenvalue weighted by Gasteiger charge is 2.48. The molecule has 2 aliphatic heterocycles. The molecule has 0 aromatic carbocycles. The fourth-order valence-corrected chi connectivity index (χ4v) is 4.02. The average molecular weight is 378 g/mol. The zero-order valence-corrected chi connectivity index (χ0v) is 15.6. The molecule has 1 aromatic rings.